The molecule has 0 bridgehead atoms. The third-order valence-corrected chi connectivity index (χ3v) is 4.01. The maximum Gasteiger partial charge on any atom is 0.310 e. The number of carboxylic acid groups (broad SMARTS) is 1. The van der Waals surface area contributed by atoms with Crippen LogP contribution in [-0.2, 0) is 11.2 Å². The summed E-state index contributed by atoms with van der Waals surface area (Å²) in [6.45, 7) is 5.83. The van der Waals surface area contributed by atoms with Gasteiger partial charge in [-0.2, -0.15) is 0 Å². The predicted octanol–water partition coefficient (Wildman–Crippen LogP) is 2.81. The van der Waals surface area contributed by atoms with Crippen molar-refractivity contribution in [3.05, 3.63) is 35.4 Å². The van der Waals surface area contributed by atoms with Gasteiger partial charge >= 0.3 is 5.97 Å². The lowest BCUT2D eigenvalue weighted by Crippen LogP contribution is -2.31. The molecule has 0 unspecified atom stereocenters. The molecule has 0 aromatic heterocycles. The molecule has 1 aliphatic carbocycles. The van der Waals surface area contributed by atoms with Crippen molar-refractivity contribution in [3.63, 3.8) is 0 Å². The highest BCUT2D eigenvalue weighted by Gasteiger charge is 2.49. The lowest BCUT2D eigenvalue weighted by Gasteiger charge is -2.11. The Hall–Kier alpha value is -1.35. The van der Waals surface area contributed by atoms with Crippen LogP contribution in [0.5, 0.6) is 0 Å². The molecule has 19 heavy (non-hydrogen) atoms. The lowest BCUT2D eigenvalue weighted by atomic mass is 10.0. The summed E-state index contributed by atoms with van der Waals surface area (Å²) < 4.78 is 0. The summed E-state index contributed by atoms with van der Waals surface area (Å²) in [7, 11) is 0. The van der Waals surface area contributed by atoms with Gasteiger partial charge in [0.1, 0.15) is 0 Å². The summed E-state index contributed by atoms with van der Waals surface area (Å²) in [5.41, 5.74) is 2.21. The van der Waals surface area contributed by atoms with E-state index < -0.39 is 11.4 Å². The Labute approximate surface area is 115 Å². The van der Waals surface area contributed by atoms with E-state index in [1.54, 1.807) is 0 Å². The Balaban J connectivity index is 1.72. The minimum Gasteiger partial charge on any atom is -0.481 e. The van der Waals surface area contributed by atoms with E-state index >= 15 is 0 Å². The molecule has 0 saturated heterocycles. The van der Waals surface area contributed by atoms with Gasteiger partial charge in [0.15, 0.2) is 0 Å². The Morgan fingerprint density at radius 2 is 1.95 bits per heavy atom. The molecule has 1 aliphatic rings. The zero-order valence-electron chi connectivity index (χ0n) is 11.8. The molecule has 1 fully saturated rings. The number of hydrogen-bond acceptors (Lipinski definition) is 2. The third-order valence-electron chi connectivity index (χ3n) is 4.01. The molecule has 3 heteroatoms. The fraction of sp³-hybridized carbons (Fsp3) is 0.562. The normalized spacial score (nSPS) is 16.6. The second-order valence-corrected chi connectivity index (χ2v) is 5.91. The SMILES string of the molecule is CC(C)c1ccc(CCNCC2(C(=O)O)CC2)cc1. The summed E-state index contributed by atoms with van der Waals surface area (Å²) in [6, 6.07) is 8.70. The number of benzene rings is 1. The summed E-state index contributed by atoms with van der Waals surface area (Å²) in [6.07, 6.45) is 2.59. The van der Waals surface area contributed by atoms with Gasteiger partial charge in [-0.1, -0.05) is 38.1 Å². The van der Waals surface area contributed by atoms with Crippen molar-refractivity contribution in [2.75, 3.05) is 13.1 Å². The van der Waals surface area contributed by atoms with Gasteiger partial charge in [-0.3, -0.25) is 4.79 Å². The van der Waals surface area contributed by atoms with Crippen molar-refractivity contribution in [2.45, 2.75) is 39.0 Å². The summed E-state index contributed by atoms with van der Waals surface area (Å²) >= 11 is 0. The molecule has 104 valence electrons. The monoisotopic (exact) mass is 261 g/mol. The van der Waals surface area contributed by atoms with Gasteiger partial charge in [-0.25, -0.2) is 0 Å². The number of carbonyl (C=O) groups is 1. The number of nitrogens with one attached hydrogen (secondary N) is 1. The summed E-state index contributed by atoms with van der Waals surface area (Å²) in [4.78, 5) is 11.0. The lowest BCUT2D eigenvalue weighted by molar-refractivity contribution is -0.143. The van der Waals surface area contributed by atoms with Crippen LogP contribution in [0.15, 0.2) is 24.3 Å². The maximum atomic E-state index is 11.0. The van der Waals surface area contributed by atoms with Gasteiger partial charge in [0.25, 0.3) is 0 Å². The van der Waals surface area contributed by atoms with Gasteiger partial charge in [0.2, 0.25) is 0 Å². The van der Waals surface area contributed by atoms with Crippen LogP contribution in [0.25, 0.3) is 0 Å². The van der Waals surface area contributed by atoms with Crippen molar-refractivity contribution in [2.24, 2.45) is 5.41 Å². The first-order valence-corrected chi connectivity index (χ1v) is 7.06. The number of hydrogen-bond donors (Lipinski definition) is 2. The molecule has 0 heterocycles. The molecular weight excluding hydrogens is 238 g/mol. The third kappa shape index (κ3) is 3.57. The van der Waals surface area contributed by atoms with E-state index in [4.69, 9.17) is 5.11 Å². The van der Waals surface area contributed by atoms with Crippen LogP contribution in [-0.4, -0.2) is 24.2 Å². The average Bonchev–Trinajstić information content (AvgIpc) is 3.16. The predicted molar refractivity (Wildman–Crippen MR) is 76.4 cm³/mol. The molecule has 0 atom stereocenters. The van der Waals surface area contributed by atoms with Crippen LogP contribution in [0, 0.1) is 5.41 Å². The molecule has 1 saturated carbocycles. The fourth-order valence-electron chi connectivity index (χ4n) is 2.25. The van der Waals surface area contributed by atoms with Gasteiger partial charge < -0.3 is 10.4 Å². The summed E-state index contributed by atoms with van der Waals surface area (Å²) in [5.74, 6) is -0.0845. The quantitative estimate of drug-likeness (QED) is 0.742. The molecule has 3 nitrogen and oxygen atoms in total. The Morgan fingerprint density at radius 1 is 1.32 bits per heavy atom. The smallest absolute Gasteiger partial charge is 0.310 e. The highest BCUT2D eigenvalue weighted by Crippen LogP contribution is 2.45. The van der Waals surface area contributed by atoms with Gasteiger partial charge in [-0.15, -0.1) is 0 Å². The molecule has 0 aliphatic heterocycles. The Kier molecular flexibility index (Phi) is 4.25. The largest absolute Gasteiger partial charge is 0.481 e. The standard InChI is InChI=1S/C16H23NO2/c1-12(2)14-5-3-13(4-6-14)7-10-17-11-16(8-9-16)15(18)19/h3-6,12,17H,7-11H2,1-2H3,(H,18,19). The van der Waals surface area contributed by atoms with E-state index in [0.29, 0.717) is 12.5 Å². The molecule has 1 aromatic carbocycles. The van der Waals surface area contributed by atoms with E-state index in [0.717, 1.165) is 25.8 Å². The van der Waals surface area contributed by atoms with Gasteiger partial charge in [0, 0.05) is 6.54 Å². The molecule has 0 amide bonds. The highest BCUT2D eigenvalue weighted by atomic mass is 16.4. The van der Waals surface area contributed by atoms with Crippen LogP contribution < -0.4 is 5.32 Å². The Morgan fingerprint density at radius 3 is 2.42 bits per heavy atom. The fourth-order valence-corrected chi connectivity index (χ4v) is 2.25. The van der Waals surface area contributed by atoms with E-state index in [9.17, 15) is 4.79 Å². The summed E-state index contributed by atoms with van der Waals surface area (Å²) in [5, 5.41) is 12.3. The first-order chi connectivity index (χ1) is 9.03. The average molecular weight is 261 g/mol. The first kappa shape index (κ1) is 14.1. The van der Waals surface area contributed by atoms with Gasteiger partial charge in [-0.05, 0) is 42.9 Å². The number of aliphatic carboxylic acids is 1. The van der Waals surface area contributed by atoms with Crippen molar-refractivity contribution in [1.82, 2.24) is 5.32 Å². The van der Waals surface area contributed by atoms with Gasteiger partial charge in [0.05, 0.1) is 5.41 Å². The van der Waals surface area contributed by atoms with E-state index in [2.05, 4.69) is 43.4 Å². The zero-order chi connectivity index (χ0) is 13.9. The molecule has 1 aromatic rings. The van der Waals surface area contributed by atoms with E-state index in [1.807, 2.05) is 0 Å². The molecule has 2 N–H and O–H groups in total. The van der Waals surface area contributed by atoms with Crippen molar-refractivity contribution < 1.29 is 9.90 Å². The number of rotatable bonds is 7. The van der Waals surface area contributed by atoms with Crippen molar-refractivity contribution in [3.8, 4) is 0 Å². The van der Waals surface area contributed by atoms with Crippen LogP contribution in [0.3, 0.4) is 0 Å². The molecule has 0 radical (unpaired) electrons. The zero-order valence-corrected chi connectivity index (χ0v) is 11.8. The highest BCUT2D eigenvalue weighted by molar-refractivity contribution is 5.78. The maximum absolute atomic E-state index is 11.0. The van der Waals surface area contributed by atoms with Crippen LogP contribution in [0.4, 0.5) is 0 Å². The topological polar surface area (TPSA) is 49.3 Å². The van der Waals surface area contributed by atoms with Crippen molar-refractivity contribution in [1.29, 1.82) is 0 Å². The molecular formula is C16H23NO2. The molecule has 2 rings (SSSR count). The van der Waals surface area contributed by atoms with Crippen LogP contribution >= 0.6 is 0 Å². The number of carboxylic acids is 1. The van der Waals surface area contributed by atoms with E-state index in [-0.39, 0.29) is 0 Å². The van der Waals surface area contributed by atoms with Crippen molar-refractivity contribution >= 4 is 5.97 Å². The van der Waals surface area contributed by atoms with Crippen LogP contribution in [0.1, 0.15) is 43.7 Å². The molecule has 0 spiro atoms. The second kappa shape index (κ2) is 5.74. The van der Waals surface area contributed by atoms with E-state index in [1.165, 1.54) is 11.1 Å². The first-order valence-electron chi connectivity index (χ1n) is 7.06. The Bertz CT molecular complexity index is 433. The van der Waals surface area contributed by atoms with Crippen LogP contribution in [0.2, 0.25) is 0 Å². The second-order valence-electron chi connectivity index (χ2n) is 5.91. The minimum atomic E-state index is -0.652. The minimum absolute atomic E-state index is 0.457.